The number of pyridine rings is 1. The molecule has 154 valence electrons. The van der Waals surface area contributed by atoms with E-state index in [0.717, 1.165) is 9.65 Å². The van der Waals surface area contributed by atoms with Crippen LogP contribution in [0.2, 0.25) is 5.02 Å². The first-order chi connectivity index (χ1) is 14.3. The molecule has 0 amide bonds. The number of hydrogen-bond donors (Lipinski definition) is 0. The fraction of sp³-hybridized carbons (Fsp3) is 0.182. The van der Waals surface area contributed by atoms with Gasteiger partial charge in [0.25, 0.3) is 10.0 Å². The summed E-state index contributed by atoms with van der Waals surface area (Å²) in [6.45, 7) is 6.00. The highest BCUT2D eigenvalue weighted by atomic mass is 35.5. The molecule has 0 aliphatic rings. The van der Waals surface area contributed by atoms with Gasteiger partial charge in [-0.25, -0.2) is 4.98 Å². The number of hydrogen-bond acceptors (Lipinski definition) is 5. The zero-order valence-corrected chi connectivity index (χ0v) is 18.3. The minimum absolute atomic E-state index is 0.126. The molecule has 30 heavy (non-hydrogen) atoms. The Morgan fingerprint density at radius 1 is 1.07 bits per heavy atom. The summed E-state index contributed by atoms with van der Waals surface area (Å²) in [6.07, 6.45) is 0. The molecular weight excluding hydrogens is 422 g/mol. The number of benzene rings is 2. The van der Waals surface area contributed by atoms with Crippen LogP contribution in [0.5, 0.6) is 5.75 Å². The molecule has 0 N–H and O–H groups in total. The first-order valence-electron chi connectivity index (χ1n) is 9.43. The third kappa shape index (κ3) is 3.44. The maximum absolute atomic E-state index is 13.4. The van der Waals surface area contributed by atoms with Gasteiger partial charge in [-0.2, -0.15) is 13.5 Å². The molecular formula is C22H20ClN3O3S. The number of halogens is 1. The number of fused-ring (bicyclic) bond motifs is 1. The Hall–Kier alpha value is -2.90. The molecule has 4 aromatic rings. The number of ether oxygens (including phenoxy) is 1. The van der Waals surface area contributed by atoms with E-state index in [2.05, 4.69) is 10.1 Å². The molecule has 0 atom stereocenters. The maximum Gasteiger partial charge on any atom is 0.284 e. The van der Waals surface area contributed by atoms with Gasteiger partial charge in [0.15, 0.2) is 5.65 Å². The summed E-state index contributed by atoms with van der Waals surface area (Å²) in [6, 6.07) is 15.6. The average molecular weight is 442 g/mol. The van der Waals surface area contributed by atoms with Gasteiger partial charge < -0.3 is 4.74 Å². The highest BCUT2D eigenvalue weighted by Gasteiger charge is 2.27. The van der Waals surface area contributed by atoms with Crippen molar-refractivity contribution in [2.75, 3.05) is 6.61 Å². The second-order valence-electron chi connectivity index (χ2n) is 6.88. The van der Waals surface area contributed by atoms with Crippen LogP contribution in [0.1, 0.15) is 18.2 Å². The SMILES string of the molecule is CCOc1ccccc1-c1nn(S(=O)(=O)c2ccc(C)cc2)c2nc(C)cc(Cl)c12. The molecule has 8 heteroatoms. The van der Waals surface area contributed by atoms with E-state index in [1.807, 2.05) is 38.1 Å². The molecule has 0 bridgehead atoms. The maximum atomic E-state index is 13.4. The van der Waals surface area contributed by atoms with Crippen LogP contribution in [0.25, 0.3) is 22.3 Å². The van der Waals surface area contributed by atoms with Crippen LogP contribution < -0.4 is 4.74 Å². The lowest BCUT2D eigenvalue weighted by molar-refractivity contribution is 0.341. The van der Waals surface area contributed by atoms with Crippen LogP contribution >= 0.6 is 11.6 Å². The second-order valence-corrected chi connectivity index (χ2v) is 9.06. The summed E-state index contributed by atoms with van der Waals surface area (Å²) in [4.78, 5) is 4.59. The van der Waals surface area contributed by atoms with Crippen molar-refractivity contribution in [3.05, 3.63) is 70.9 Å². The third-order valence-electron chi connectivity index (χ3n) is 4.68. The Labute approximate surface area is 180 Å². The minimum Gasteiger partial charge on any atom is -0.493 e. The second kappa shape index (κ2) is 7.74. The molecule has 0 unspecified atom stereocenters. The molecule has 0 aliphatic heterocycles. The number of para-hydroxylation sites is 1. The number of aromatic nitrogens is 3. The van der Waals surface area contributed by atoms with Crippen molar-refractivity contribution in [3.8, 4) is 17.0 Å². The van der Waals surface area contributed by atoms with E-state index < -0.39 is 10.0 Å². The van der Waals surface area contributed by atoms with Crippen LogP contribution in [0.15, 0.2) is 59.5 Å². The van der Waals surface area contributed by atoms with Gasteiger partial charge in [0, 0.05) is 11.3 Å². The van der Waals surface area contributed by atoms with Gasteiger partial charge >= 0.3 is 0 Å². The summed E-state index contributed by atoms with van der Waals surface area (Å²) >= 11 is 6.55. The van der Waals surface area contributed by atoms with E-state index in [9.17, 15) is 8.42 Å². The van der Waals surface area contributed by atoms with Crippen LogP contribution in [-0.4, -0.2) is 29.2 Å². The molecule has 6 nitrogen and oxygen atoms in total. The zero-order chi connectivity index (χ0) is 21.5. The number of aryl methyl sites for hydroxylation is 2. The standard InChI is InChI=1S/C22H20ClN3O3S/c1-4-29-19-8-6-5-7-17(19)21-20-18(23)13-15(3)24-22(20)26(25-21)30(27,28)16-11-9-14(2)10-12-16/h5-13H,4H2,1-3H3. The van der Waals surface area contributed by atoms with Gasteiger partial charge in [0.05, 0.1) is 21.9 Å². The van der Waals surface area contributed by atoms with Crippen LogP contribution in [0.3, 0.4) is 0 Å². The van der Waals surface area contributed by atoms with Gasteiger partial charge in [-0.1, -0.05) is 41.4 Å². The highest BCUT2D eigenvalue weighted by Crippen LogP contribution is 2.38. The predicted molar refractivity (Wildman–Crippen MR) is 118 cm³/mol. The van der Waals surface area contributed by atoms with Crippen molar-refractivity contribution in [3.63, 3.8) is 0 Å². The normalized spacial score (nSPS) is 11.7. The van der Waals surface area contributed by atoms with E-state index in [1.54, 1.807) is 37.3 Å². The number of rotatable bonds is 5. The average Bonchev–Trinajstić information content (AvgIpc) is 3.09. The van der Waals surface area contributed by atoms with Crippen LogP contribution in [0.4, 0.5) is 0 Å². The van der Waals surface area contributed by atoms with E-state index in [4.69, 9.17) is 16.3 Å². The fourth-order valence-electron chi connectivity index (χ4n) is 3.27. The van der Waals surface area contributed by atoms with Gasteiger partial charge in [-0.05, 0) is 51.1 Å². The van der Waals surface area contributed by atoms with Gasteiger partial charge in [0.1, 0.15) is 11.4 Å². The summed E-state index contributed by atoms with van der Waals surface area (Å²) in [5, 5.41) is 5.32. The molecule has 4 rings (SSSR count). The molecule has 0 fully saturated rings. The van der Waals surface area contributed by atoms with Crippen molar-refractivity contribution in [2.45, 2.75) is 25.7 Å². The summed E-state index contributed by atoms with van der Waals surface area (Å²) < 4.78 is 33.5. The topological polar surface area (TPSA) is 74.1 Å². The van der Waals surface area contributed by atoms with Crippen molar-refractivity contribution in [1.82, 2.24) is 14.2 Å². The van der Waals surface area contributed by atoms with E-state index >= 15 is 0 Å². The van der Waals surface area contributed by atoms with Crippen molar-refractivity contribution < 1.29 is 13.2 Å². The Balaban J connectivity index is 2.05. The molecule has 0 saturated heterocycles. The summed E-state index contributed by atoms with van der Waals surface area (Å²) in [7, 11) is -3.98. The Morgan fingerprint density at radius 2 is 1.77 bits per heavy atom. The van der Waals surface area contributed by atoms with Gasteiger partial charge in [0.2, 0.25) is 0 Å². The number of nitrogens with zero attached hydrogens (tertiary/aromatic N) is 3. The summed E-state index contributed by atoms with van der Waals surface area (Å²) in [5.74, 6) is 0.593. The molecule has 2 aromatic heterocycles. The Kier molecular flexibility index (Phi) is 5.26. The highest BCUT2D eigenvalue weighted by molar-refractivity contribution is 7.90. The zero-order valence-electron chi connectivity index (χ0n) is 16.8. The summed E-state index contributed by atoms with van der Waals surface area (Å²) in [5.41, 5.74) is 2.79. The van der Waals surface area contributed by atoms with E-state index in [-0.39, 0.29) is 10.5 Å². The molecule has 0 saturated carbocycles. The van der Waals surface area contributed by atoms with E-state index in [0.29, 0.717) is 39.7 Å². The van der Waals surface area contributed by atoms with Gasteiger partial charge in [-0.3, -0.25) is 0 Å². The lowest BCUT2D eigenvalue weighted by Crippen LogP contribution is -2.15. The van der Waals surface area contributed by atoms with Crippen molar-refractivity contribution >= 4 is 32.7 Å². The molecule has 0 radical (unpaired) electrons. The molecule has 0 aliphatic carbocycles. The first-order valence-corrected chi connectivity index (χ1v) is 11.2. The lowest BCUT2D eigenvalue weighted by atomic mass is 10.1. The smallest absolute Gasteiger partial charge is 0.284 e. The minimum atomic E-state index is -3.98. The molecule has 2 heterocycles. The molecule has 0 spiro atoms. The van der Waals surface area contributed by atoms with Crippen molar-refractivity contribution in [1.29, 1.82) is 0 Å². The van der Waals surface area contributed by atoms with E-state index in [1.165, 1.54) is 0 Å². The Morgan fingerprint density at radius 3 is 2.47 bits per heavy atom. The van der Waals surface area contributed by atoms with Crippen LogP contribution in [0, 0.1) is 13.8 Å². The predicted octanol–water partition coefficient (Wildman–Crippen LogP) is 5.00. The lowest BCUT2D eigenvalue weighted by Gasteiger charge is -2.08. The Bertz CT molecular complexity index is 1350. The fourth-order valence-corrected chi connectivity index (χ4v) is 4.83. The monoisotopic (exact) mass is 441 g/mol. The van der Waals surface area contributed by atoms with Crippen molar-refractivity contribution in [2.24, 2.45) is 0 Å². The van der Waals surface area contributed by atoms with Gasteiger partial charge in [-0.15, -0.1) is 4.09 Å². The quantitative estimate of drug-likeness (QED) is 0.435. The third-order valence-corrected chi connectivity index (χ3v) is 6.55. The largest absolute Gasteiger partial charge is 0.493 e. The molecule has 2 aromatic carbocycles. The first kappa shape index (κ1) is 20.4. The van der Waals surface area contributed by atoms with Crippen LogP contribution in [-0.2, 0) is 10.0 Å².